The van der Waals surface area contributed by atoms with Crippen molar-refractivity contribution in [3.05, 3.63) is 35.9 Å². The summed E-state index contributed by atoms with van der Waals surface area (Å²) in [5.74, 6) is 0.210. The van der Waals surface area contributed by atoms with Crippen LogP contribution in [0.2, 0.25) is 0 Å². The van der Waals surface area contributed by atoms with Crippen molar-refractivity contribution in [1.29, 1.82) is 0 Å². The molecule has 0 amide bonds. The van der Waals surface area contributed by atoms with Crippen LogP contribution in [0.3, 0.4) is 0 Å². The van der Waals surface area contributed by atoms with Gasteiger partial charge in [0.15, 0.2) is 0 Å². The lowest BCUT2D eigenvalue weighted by atomic mass is 10.0. The second-order valence-corrected chi connectivity index (χ2v) is 7.48. The average molecular weight is 296 g/mol. The maximum atomic E-state index is 12.6. The molecule has 4 nitrogen and oxygen atoms in total. The number of hydrogen-bond donors (Lipinski definition) is 1. The Kier molecular flexibility index (Phi) is 5.18. The zero-order valence-electron chi connectivity index (χ0n) is 12.2. The van der Waals surface area contributed by atoms with E-state index < -0.39 is 10.0 Å². The van der Waals surface area contributed by atoms with Crippen molar-refractivity contribution in [2.75, 3.05) is 25.4 Å². The summed E-state index contributed by atoms with van der Waals surface area (Å²) in [6.07, 6.45) is 0.857. The van der Waals surface area contributed by atoms with Gasteiger partial charge in [-0.25, -0.2) is 8.42 Å². The van der Waals surface area contributed by atoms with Crippen LogP contribution in [-0.4, -0.2) is 44.2 Å². The summed E-state index contributed by atoms with van der Waals surface area (Å²) in [6.45, 7) is 6.18. The smallest absolute Gasteiger partial charge is 0.215 e. The summed E-state index contributed by atoms with van der Waals surface area (Å²) in [4.78, 5) is 0. The highest BCUT2D eigenvalue weighted by molar-refractivity contribution is 7.89. The molecule has 1 heterocycles. The molecule has 0 aromatic heterocycles. The van der Waals surface area contributed by atoms with Gasteiger partial charge in [-0.1, -0.05) is 44.2 Å². The van der Waals surface area contributed by atoms with Gasteiger partial charge in [-0.3, -0.25) is 0 Å². The van der Waals surface area contributed by atoms with E-state index in [4.69, 9.17) is 0 Å². The first-order chi connectivity index (χ1) is 9.54. The minimum absolute atomic E-state index is 0.0218. The van der Waals surface area contributed by atoms with Crippen molar-refractivity contribution in [3.8, 4) is 0 Å². The second-order valence-electron chi connectivity index (χ2n) is 5.51. The molecule has 20 heavy (non-hydrogen) atoms. The van der Waals surface area contributed by atoms with Crippen molar-refractivity contribution in [2.24, 2.45) is 0 Å². The molecule has 1 saturated heterocycles. The van der Waals surface area contributed by atoms with Gasteiger partial charge in [0, 0.05) is 25.7 Å². The lowest BCUT2D eigenvalue weighted by molar-refractivity contribution is 0.241. The van der Waals surface area contributed by atoms with Crippen LogP contribution < -0.4 is 5.32 Å². The molecule has 112 valence electrons. The largest absolute Gasteiger partial charge is 0.313 e. The summed E-state index contributed by atoms with van der Waals surface area (Å²) >= 11 is 0. The average Bonchev–Trinajstić information content (AvgIpc) is 2.36. The van der Waals surface area contributed by atoms with E-state index >= 15 is 0 Å². The molecule has 0 saturated carbocycles. The molecule has 0 aliphatic carbocycles. The Morgan fingerprint density at radius 3 is 2.45 bits per heavy atom. The fourth-order valence-electron chi connectivity index (χ4n) is 2.54. The highest BCUT2D eigenvalue weighted by Gasteiger charge is 2.33. The van der Waals surface area contributed by atoms with Gasteiger partial charge in [-0.05, 0) is 17.9 Å². The summed E-state index contributed by atoms with van der Waals surface area (Å²) in [7, 11) is -3.20. The van der Waals surface area contributed by atoms with E-state index in [1.807, 2.05) is 44.2 Å². The Bertz CT molecular complexity index is 512. The van der Waals surface area contributed by atoms with Crippen LogP contribution in [0.4, 0.5) is 0 Å². The molecule has 0 spiro atoms. The normalized spacial score (nSPS) is 17.9. The topological polar surface area (TPSA) is 49.4 Å². The number of rotatable bonds is 7. The van der Waals surface area contributed by atoms with Gasteiger partial charge >= 0.3 is 0 Å². The van der Waals surface area contributed by atoms with Gasteiger partial charge in [-0.15, -0.1) is 0 Å². The Hall–Kier alpha value is -0.910. The molecule has 1 aliphatic heterocycles. The first-order valence-corrected chi connectivity index (χ1v) is 8.90. The number of sulfonamides is 1. The maximum absolute atomic E-state index is 12.6. The molecule has 5 heteroatoms. The number of benzene rings is 1. The number of nitrogens with zero attached hydrogens (tertiary/aromatic N) is 1. The monoisotopic (exact) mass is 296 g/mol. The molecule has 2 rings (SSSR count). The molecular formula is C15H24N2O2S. The molecule has 0 bridgehead atoms. The van der Waals surface area contributed by atoms with Crippen LogP contribution in [-0.2, 0) is 10.0 Å². The van der Waals surface area contributed by atoms with Crippen molar-refractivity contribution in [1.82, 2.24) is 9.62 Å². The Morgan fingerprint density at radius 2 is 1.95 bits per heavy atom. The molecule has 0 radical (unpaired) electrons. The van der Waals surface area contributed by atoms with Gasteiger partial charge in [-0.2, -0.15) is 4.31 Å². The molecular weight excluding hydrogens is 272 g/mol. The Morgan fingerprint density at radius 1 is 1.30 bits per heavy atom. The molecule has 1 aliphatic rings. The van der Waals surface area contributed by atoms with Crippen molar-refractivity contribution >= 4 is 10.0 Å². The lowest BCUT2D eigenvalue weighted by Gasteiger charge is -2.37. The molecule has 1 fully saturated rings. The zero-order valence-corrected chi connectivity index (χ0v) is 13.1. The third-order valence-corrected chi connectivity index (χ3v) is 5.91. The van der Waals surface area contributed by atoms with E-state index in [1.165, 1.54) is 0 Å². The SMILES string of the molecule is CCCN(C1CNC1)S(=O)(=O)CC(C)c1ccccc1. The van der Waals surface area contributed by atoms with Gasteiger partial charge in [0.25, 0.3) is 0 Å². The first kappa shape index (κ1) is 15.5. The Labute approximate surface area is 122 Å². The number of hydrogen-bond acceptors (Lipinski definition) is 3. The van der Waals surface area contributed by atoms with E-state index in [0.717, 1.165) is 25.1 Å². The van der Waals surface area contributed by atoms with Crippen molar-refractivity contribution < 1.29 is 8.42 Å². The minimum Gasteiger partial charge on any atom is -0.313 e. The fourth-order valence-corrected chi connectivity index (χ4v) is 4.62. The second kappa shape index (κ2) is 6.70. The Balaban J connectivity index is 2.08. The predicted molar refractivity (Wildman–Crippen MR) is 82.3 cm³/mol. The van der Waals surface area contributed by atoms with Crippen LogP contribution >= 0.6 is 0 Å². The summed E-state index contributed by atoms with van der Waals surface area (Å²) in [6, 6.07) is 10.00. The van der Waals surface area contributed by atoms with Gasteiger partial charge in [0.1, 0.15) is 0 Å². The minimum atomic E-state index is -3.20. The maximum Gasteiger partial charge on any atom is 0.215 e. The zero-order chi connectivity index (χ0) is 14.6. The van der Waals surface area contributed by atoms with E-state index in [-0.39, 0.29) is 17.7 Å². The first-order valence-electron chi connectivity index (χ1n) is 7.29. The predicted octanol–water partition coefficient (Wildman–Crippen LogP) is 1.80. The van der Waals surface area contributed by atoms with Crippen molar-refractivity contribution in [3.63, 3.8) is 0 Å². The summed E-state index contributed by atoms with van der Waals surface area (Å²) < 4.78 is 27.0. The highest BCUT2D eigenvalue weighted by atomic mass is 32.2. The summed E-state index contributed by atoms with van der Waals surface area (Å²) in [5.41, 5.74) is 1.08. The third-order valence-electron chi connectivity index (χ3n) is 3.80. The number of nitrogens with one attached hydrogen (secondary N) is 1. The quantitative estimate of drug-likeness (QED) is 0.835. The van der Waals surface area contributed by atoms with Gasteiger partial charge in [0.2, 0.25) is 10.0 Å². The molecule has 1 atom stereocenters. The van der Waals surface area contributed by atoms with Gasteiger partial charge in [0.05, 0.1) is 5.75 Å². The van der Waals surface area contributed by atoms with Gasteiger partial charge < -0.3 is 5.32 Å². The third kappa shape index (κ3) is 3.59. The highest BCUT2D eigenvalue weighted by Crippen LogP contribution is 2.21. The lowest BCUT2D eigenvalue weighted by Crippen LogP contribution is -2.59. The van der Waals surface area contributed by atoms with Crippen LogP contribution in [0.25, 0.3) is 0 Å². The summed E-state index contributed by atoms with van der Waals surface area (Å²) in [5, 5.41) is 3.15. The van der Waals surface area contributed by atoms with Crippen LogP contribution in [0.15, 0.2) is 30.3 Å². The molecule has 1 aromatic carbocycles. The van der Waals surface area contributed by atoms with E-state index in [2.05, 4.69) is 5.32 Å². The standard InChI is InChI=1S/C15H24N2O2S/c1-3-9-17(15-10-16-11-15)20(18,19)12-13(2)14-7-5-4-6-8-14/h4-8,13,15-16H,3,9-12H2,1-2H3. The van der Waals surface area contributed by atoms with E-state index in [1.54, 1.807) is 4.31 Å². The molecule has 1 unspecified atom stereocenters. The van der Waals surface area contributed by atoms with Crippen LogP contribution in [0, 0.1) is 0 Å². The van der Waals surface area contributed by atoms with Crippen molar-refractivity contribution in [2.45, 2.75) is 32.2 Å². The van der Waals surface area contributed by atoms with E-state index in [9.17, 15) is 8.42 Å². The van der Waals surface area contributed by atoms with Crippen LogP contribution in [0.5, 0.6) is 0 Å². The molecule has 1 N–H and O–H groups in total. The fraction of sp³-hybridized carbons (Fsp3) is 0.600. The van der Waals surface area contributed by atoms with Crippen LogP contribution in [0.1, 0.15) is 31.7 Å². The van der Waals surface area contributed by atoms with E-state index in [0.29, 0.717) is 6.54 Å². The molecule has 1 aromatic rings.